The summed E-state index contributed by atoms with van der Waals surface area (Å²) in [6.45, 7) is 10.2. The summed E-state index contributed by atoms with van der Waals surface area (Å²) in [5, 5.41) is 0. The van der Waals surface area contributed by atoms with E-state index < -0.39 is 0 Å². The standard InChI is InChI=1S/C8H16O/c1-6(2)7(3)8(4)9-5/h6,8H,3H2,1-2,4-5H3. The Morgan fingerprint density at radius 1 is 1.33 bits per heavy atom. The highest BCUT2D eigenvalue weighted by Crippen LogP contribution is 2.12. The van der Waals surface area contributed by atoms with Gasteiger partial charge in [0.05, 0.1) is 6.10 Å². The maximum atomic E-state index is 5.07. The predicted octanol–water partition coefficient (Wildman–Crippen LogP) is 2.23. The second kappa shape index (κ2) is 3.67. The zero-order valence-corrected chi connectivity index (χ0v) is 6.77. The lowest BCUT2D eigenvalue weighted by Crippen LogP contribution is -2.11. The van der Waals surface area contributed by atoms with Crippen LogP contribution in [0.2, 0.25) is 0 Å². The summed E-state index contributed by atoms with van der Waals surface area (Å²) in [5.74, 6) is 0.528. The van der Waals surface area contributed by atoms with Crippen molar-refractivity contribution in [3.8, 4) is 0 Å². The van der Waals surface area contributed by atoms with Crippen LogP contribution >= 0.6 is 0 Å². The Bertz CT molecular complexity index is 94.7. The van der Waals surface area contributed by atoms with Crippen LogP contribution in [-0.2, 0) is 4.74 Å². The Hall–Kier alpha value is -0.300. The summed E-state index contributed by atoms with van der Waals surface area (Å²) in [6, 6.07) is 0. The predicted molar refractivity (Wildman–Crippen MR) is 40.4 cm³/mol. The average Bonchev–Trinajstić information content (AvgIpc) is 1.84. The second-order valence-corrected chi connectivity index (χ2v) is 2.61. The van der Waals surface area contributed by atoms with E-state index in [1.165, 1.54) is 0 Å². The van der Waals surface area contributed by atoms with Crippen LogP contribution in [-0.4, -0.2) is 13.2 Å². The van der Waals surface area contributed by atoms with E-state index in [0.717, 1.165) is 5.57 Å². The summed E-state index contributed by atoms with van der Waals surface area (Å²) in [4.78, 5) is 0. The fourth-order valence-electron chi connectivity index (χ4n) is 0.621. The van der Waals surface area contributed by atoms with E-state index in [-0.39, 0.29) is 6.10 Å². The van der Waals surface area contributed by atoms with E-state index in [9.17, 15) is 0 Å². The Morgan fingerprint density at radius 3 is 1.89 bits per heavy atom. The first-order valence-corrected chi connectivity index (χ1v) is 3.31. The van der Waals surface area contributed by atoms with Crippen molar-refractivity contribution in [3.05, 3.63) is 12.2 Å². The van der Waals surface area contributed by atoms with Gasteiger partial charge in [-0.3, -0.25) is 0 Å². The van der Waals surface area contributed by atoms with Gasteiger partial charge in [0, 0.05) is 7.11 Å². The van der Waals surface area contributed by atoms with Crippen LogP contribution in [0, 0.1) is 5.92 Å². The van der Waals surface area contributed by atoms with Crippen LogP contribution < -0.4 is 0 Å². The molecule has 9 heavy (non-hydrogen) atoms. The summed E-state index contributed by atoms with van der Waals surface area (Å²) < 4.78 is 5.07. The fourth-order valence-corrected chi connectivity index (χ4v) is 0.621. The maximum absolute atomic E-state index is 5.07. The molecule has 1 nitrogen and oxygen atoms in total. The van der Waals surface area contributed by atoms with Crippen LogP contribution in [0.5, 0.6) is 0 Å². The van der Waals surface area contributed by atoms with Gasteiger partial charge in [0.15, 0.2) is 0 Å². The maximum Gasteiger partial charge on any atom is 0.0752 e. The van der Waals surface area contributed by atoms with Crippen molar-refractivity contribution < 1.29 is 4.74 Å². The van der Waals surface area contributed by atoms with Crippen LogP contribution in [0.25, 0.3) is 0 Å². The van der Waals surface area contributed by atoms with Gasteiger partial charge in [0.25, 0.3) is 0 Å². The summed E-state index contributed by atoms with van der Waals surface area (Å²) in [6.07, 6.45) is 0.199. The zero-order valence-electron chi connectivity index (χ0n) is 6.77. The molecule has 0 aromatic carbocycles. The molecule has 0 bridgehead atoms. The van der Waals surface area contributed by atoms with Crippen molar-refractivity contribution in [3.63, 3.8) is 0 Å². The molecule has 1 atom stereocenters. The Kier molecular flexibility index (Phi) is 3.55. The quantitative estimate of drug-likeness (QED) is 0.530. The lowest BCUT2D eigenvalue weighted by atomic mass is 10.0. The number of rotatable bonds is 3. The molecule has 0 rings (SSSR count). The van der Waals surface area contributed by atoms with E-state index in [0.29, 0.717) is 5.92 Å². The molecule has 0 fully saturated rings. The molecular formula is C8H16O. The van der Waals surface area contributed by atoms with Crippen molar-refractivity contribution in [1.29, 1.82) is 0 Å². The Morgan fingerprint density at radius 2 is 1.78 bits per heavy atom. The van der Waals surface area contributed by atoms with Crippen LogP contribution in [0.1, 0.15) is 20.8 Å². The molecule has 0 radical (unpaired) electrons. The first-order valence-electron chi connectivity index (χ1n) is 3.31. The molecule has 0 aliphatic carbocycles. The average molecular weight is 128 g/mol. The van der Waals surface area contributed by atoms with Crippen molar-refractivity contribution in [2.75, 3.05) is 7.11 Å². The first kappa shape index (κ1) is 8.70. The van der Waals surface area contributed by atoms with Crippen molar-refractivity contribution in [1.82, 2.24) is 0 Å². The minimum Gasteiger partial charge on any atom is -0.377 e. The van der Waals surface area contributed by atoms with Gasteiger partial charge in [0.1, 0.15) is 0 Å². The van der Waals surface area contributed by atoms with Crippen LogP contribution in [0.4, 0.5) is 0 Å². The molecule has 1 unspecified atom stereocenters. The summed E-state index contributed by atoms with van der Waals surface area (Å²) in [5.41, 5.74) is 1.16. The molecular weight excluding hydrogens is 112 g/mol. The van der Waals surface area contributed by atoms with E-state index in [1.54, 1.807) is 7.11 Å². The van der Waals surface area contributed by atoms with Gasteiger partial charge in [-0.05, 0) is 18.4 Å². The summed E-state index contributed by atoms with van der Waals surface area (Å²) >= 11 is 0. The highest BCUT2D eigenvalue weighted by molar-refractivity contribution is 5.03. The molecule has 0 amide bonds. The molecule has 0 saturated carbocycles. The molecule has 0 aromatic heterocycles. The van der Waals surface area contributed by atoms with E-state index in [1.807, 2.05) is 6.92 Å². The van der Waals surface area contributed by atoms with E-state index >= 15 is 0 Å². The lowest BCUT2D eigenvalue weighted by molar-refractivity contribution is 0.140. The fraction of sp³-hybridized carbons (Fsp3) is 0.750. The molecule has 0 spiro atoms. The van der Waals surface area contributed by atoms with Crippen molar-refractivity contribution in [2.45, 2.75) is 26.9 Å². The summed E-state index contributed by atoms with van der Waals surface area (Å²) in [7, 11) is 1.71. The lowest BCUT2D eigenvalue weighted by Gasteiger charge is -2.15. The van der Waals surface area contributed by atoms with Crippen molar-refractivity contribution >= 4 is 0 Å². The topological polar surface area (TPSA) is 9.23 Å². The number of ether oxygens (including phenoxy) is 1. The molecule has 54 valence electrons. The van der Waals surface area contributed by atoms with Gasteiger partial charge < -0.3 is 4.74 Å². The van der Waals surface area contributed by atoms with Crippen molar-refractivity contribution in [2.24, 2.45) is 5.92 Å². The smallest absolute Gasteiger partial charge is 0.0752 e. The van der Waals surface area contributed by atoms with Gasteiger partial charge in [-0.2, -0.15) is 0 Å². The third-order valence-electron chi connectivity index (χ3n) is 1.62. The number of hydrogen-bond donors (Lipinski definition) is 0. The zero-order chi connectivity index (χ0) is 7.44. The SMILES string of the molecule is C=C(C(C)C)C(C)OC. The molecule has 0 saturated heterocycles. The number of methoxy groups -OCH3 is 1. The molecule has 0 N–H and O–H groups in total. The minimum absolute atomic E-state index is 0.199. The monoisotopic (exact) mass is 128 g/mol. The van der Waals surface area contributed by atoms with E-state index in [2.05, 4.69) is 20.4 Å². The van der Waals surface area contributed by atoms with Gasteiger partial charge in [-0.1, -0.05) is 20.4 Å². The Labute approximate surface area is 57.7 Å². The van der Waals surface area contributed by atoms with Gasteiger partial charge in [0.2, 0.25) is 0 Å². The third-order valence-corrected chi connectivity index (χ3v) is 1.62. The van der Waals surface area contributed by atoms with Crippen LogP contribution in [0.15, 0.2) is 12.2 Å². The highest BCUT2D eigenvalue weighted by atomic mass is 16.5. The van der Waals surface area contributed by atoms with E-state index in [4.69, 9.17) is 4.74 Å². The first-order chi connectivity index (χ1) is 4.09. The number of hydrogen-bond acceptors (Lipinski definition) is 1. The van der Waals surface area contributed by atoms with Gasteiger partial charge >= 0.3 is 0 Å². The Balaban J connectivity index is 3.73. The largest absolute Gasteiger partial charge is 0.377 e. The molecule has 0 aliphatic rings. The van der Waals surface area contributed by atoms with Crippen LogP contribution in [0.3, 0.4) is 0 Å². The van der Waals surface area contributed by atoms with Gasteiger partial charge in [-0.25, -0.2) is 0 Å². The molecule has 0 aromatic rings. The minimum atomic E-state index is 0.199. The highest BCUT2D eigenvalue weighted by Gasteiger charge is 2.07. The normalized spacial score (nSPS) is 13.9. The third kappa shape index (κ3) is 2.66. The molecule has 0 heterocycles. The van der Waals surface area contributed by atoms with Gasteiger partial charge in [-0.15, -0.1) is 0 Å². The molecule has 0 aliphatic heterocycles. The second-order valence-electron chi connectivity index (χ2n) is 2.61. The molecule has 1 heteroatoms.